The summed E-state index contributed by atoms with van der Waals surface area (Å²) in [7, 11) is 0. The predicted octanol–water partition coefficient (Wildman–Crippen LogP) is 3.07. The molecule has 0 amide bonds. The van der Waals surface area contributed by atoms with Crippen molar-refractivity contribution in [1.82, 2.24) is 10.2 Å². The van der Waals surface area contributed by atoms with Gasteiger partial charge in [0.25, 0.3) is 0 Å². The van der Waals surface area contributed by atoms with Crippen molar-refractivity contribution in [3.05, 3.63) is 0 Å². The Hall–Kier alpha value is -0.730. The molecule has 0 aromatic heterocycles. The molecule has 3 heteroatoms. The van der Waals surface area contributed by atoms with Gasteiger partial charge in [0.1, 0.15) is 0 Å². The fraction of sp³-hybridized carbons (Fsp3) is 0.929. The normalized spacial score (nSPS) is 19.5. The second kappa shape index (κ2) is 6.87. The lowest BCUT2D eigenvalue weighted by Gasteiger charge is -2.36. The number of likely N-dealkylation sites (tertiary alicyclic amines) is 1. The third-order valence-corrected chi connectivity index (χ3v) is 3.90. The van der Waals surface area contributed by atoms with Gasteiger partial charge in [0.2, 0.25) is 0 Å². The number of piperidine rings is 1. The fourth-order valence-electron chi connectivity index (χ4n) is 2.62. The van der Waals surface area contributed by atoms with E-state index in [2.05, 4.69) is 37.9 Å². The SMILES string of the molecule is CCCC(C)NC(=N)N1CCC(C(C)C)CC1. The lowest BCUT2D eigenvalue weighted by molar-refractivity contribution is 0.214. The number of nitrogens with zero attached hydrogens (tertiary/aromatic N) is 1. The van der Waals surface area contributed by atoms with Crippen LogP contribution in [0.5, 0.6) is 0 Å². The maximum atomic E-state index is 8.08. The topological polar surface area (TPSA) is 39.1 Å². The quantitative estimate of drug-likeness (QED) is 0.584. The molecular weight excluding hydrogens is 210 g/mol. The summed E-state index contributed by atoms with van der Waals surface area (Å²) in [5.41, 5.74) is 0. The van der Waals surface area contributed by atoms with Crippen LogP contribution in [0.3, 0.4) is 0 Å². The highest BCUT2D eigenvalue weighted by Crippen LogP contribution is 2.24. The smallest absolute Gasteiger partial charge is 0.191 e. The van der Waals surface area contributed by atoms with E-state index in [1.165, 1.54) is 19.3 Å². The first-order valence-electron chi connectivity index (χ1n) is 7.14. The van der Waals surface area contributed by atoms with Gasteiger partial charge < -0.3 is 10.2 Å². The molecule has 0 radical (unpaired) electrons. The Morgan fingerprint density at radius 3 is 2.35 bits per heavy atom. The molecule has 1 unspecified atom stereocenters. The van der Waals surface area contributed by atoms with Crippen molar-refractivity contribution in [1.29, 1.82) is 5.41 Å². The lowest BCUT2D eigenvalue weighted by atomic mass is 9.87. The molecule has 0 aromatic rings. The molecule has 0 spiro atoms. The Bertz CT molecular complexity index is 230. The van der Waals surface area contributed by atoms with Crippen molar-refractivity contribution >= 4 is 5.96 Å². The van der Waals surface area contributed by atoms with Crippen molar-refractivity contribution in [2.45, 2.75) is 59.4 Å². The van der Waals surface area contributed by atoms with Crippen LogP contribution in [0.1, 0.15) is 53.4 Å². The summed E-state index contributed by atoms with van der Waals surface area (Å²) >= 11 is 0. The first-order chi connectivity index (χ1) is 8.04. The Balaban J connectivity index is 2.30. The van der Waals surface area contributed by atoms with Gasteiger partial charge in [0.05, 0.1) is 0 Å². The summed E-state index contributed by atoms with van der Waals surface area (Å²) in [4.78, 5) is 2.20. The summed E-state index contributed by atoms with van der Waals surface area (Å²) in [5.74, 6) is 2.28. The van der Waals surface area contributed by atoms with Crippen LogP contribution in [-0.2, 0) is 0 Å². The molecule has 0 saturated carbocycles. The Kier molecular flexibility index (Phi) is 5.79. The minimum atomic E-state index is 0.426. The van der Waals surface area contributed by atoms with Gasteiger partial charge in [-0.2, -0.15) is 0 Å². The number of rotatable bonds is 4. The molecule has 17 heavy (non-hydrogen) atoms. The summed E-state index contributed by atoms with van der Waals surface area (Å²) in [6.07, 6.45) is 4.80. The average molecular weight is 239 g/mol. The average Bonchev–Trinajstić information content (AvgIpc) is 2.29. The Morgan fingerprint density at radius 1 is 1.29 bits per heavy atom. The van der Waals surface area contributed by atoms with E-state index in [4.69, 9.17) is 5.41 Å². The van der Waals surface area contributed by atoms with Crippen molar-refractivity contribution in [3.8, 4) is 0 Å². The summed E-state index contributed by atoms with van der Waals surface area (Å²) < 4.78 is 0. The van der Waals surface area contributed by atoms with Crippen LogP contribution in [0.2, 0.25) is 0 Å². The molecule has 1 saturated heterocycles. The highest BCUT2D eigenvalue weighted by atomic mass is 15.3. The van der Waals surface area contributed by atoms with Crippen LogP contribution >= 0.6 is 0 Å². The van der Waals surface area contributed by atoms with Crippen molar-refractivity contribution in [3.63, 3.8) is 0 Å². The molecule has 1 aliphatic rings. The largest absolute Gasteiger partial charge is 0.354 e. The lowest BCUT2D eigenvalue weighted by Crippen LogP contribution is -2.48. The number of guanidine groups is 1. The van der Waals surface area contributed by atoms with Crippen LogP contribution in [-0.4, -0.2) is 30.0 Å². The molecule has 3 nitrogen and oxygen atoms in total. The van der Waals surface area contributed by atoms with Crippen molar-refractivity contribution < 1.29 is 0 Å². The van der Waals surface area contributed by atoms with Crippen LogP contribution in [0.25, 0.3) is 0 Å². The van der Waals surface area contributed by atoms with E-state index in [0.29, 0.717) is 12.0 Å². The Labute approximate surface area is 106 Å². The summed E-state index contributed by atoms with van der Waals surface area (Å²) in [6.45, 7) is 11.1. The van der Waals surface area contributed by atoms with Crippen molar-refractivity contribution in [2.75, 3.05) is 13.1 Å². The first kappa shape index (κ1) is 14.3. The minimum absolute atomic E-state index is 0.426. The molecule has 1 atom stereocenters. The van der Waals surface area contributed by atoms with Crippen LogP contribution in [0.15, 0.2) is 0 Å². The number of hydrogen-bond acceptors (Lipinski definition) is 1. The zero-order valence-corrected chi connectivity index (χ0v) is 11.9. The summed E-state index contributed by atoms with van der Waals surface area (Å²) in [6, 6.07) is 0.426. The molecule has 1 fully saturated rings. The van der Waals surface area contributed by atoms with E-state index < -0.39 is 0 Å². The van der Waals surface area contributed by atoms with Gasteiger partial charge >= 0.3 is 0 Å². The van der Waals surface area contributed by atoms with Crippen LogP contribution in [0, 0.1) is 17.2 Å². The maximum absolute atomic E-state index is 8.08. The minimum Gasteiger partial charge on any atom is -0.354 e. The van der Waals surface area contributed by atoms with E-state index in [0.717, 1.165) is 31.3 Å². The van der Waals surface area contributed by atoms with E-state index >= 15 is 0 Å². The van der Waals surface area contributed by atoms with E-state index in [-0.39, 0.29) is 0 Å². The standard InChI is InChI=1S/C14H29N3/c1-5-6-12(4)16-14(15)17-9-7-13(8-10-17)11(2)3/h11-13H,5-10H2,1-4H3,(H2,15,16). The number of nitrogens with one attached hydrogen (secondary N) is 2. The van der Waals surface area contributed by atoms with E-state index in [9.17, 15) is 0 Å². The monoisotopic (exact) mass is 239 g/mol. The zero-order valence-electron chi connectivity index (χ0n) is 11.9. The fourth-order valence-corrected chi connectivity index (χ4v) is 2.62. The van der Waals surface area contributed by atoms with Crippen LogP contribution in [0.4, 0.5) is 0 Å². The molecular formula is C14H29N3. The molecule has 100 valence electrons. The summed E-state index contributed by atoms with van der Waals surface area (Å²) in [5, 5.41) is 11.4. The van der Waals surface area contributed by atoms with Gasteiger partial charge in [-0.3, -0.25) is 5.41 Å². The maximum Gasteiger partial charge on any atom is 0.191 e. The molecule has 1 aliphatic heterocycles. The zero-order chi connectivity index (χ0) is 12.8. The second-order valence-corrected chi connectivity index (χ2v) is 5.75. The van der Waals surface area contributed by atoms with Crippen molar-refractivity contribution in [2.24, 2.45) is 11.8 Å². The number of hydrogen-bond donors (Lipinski definition) is 2. The molecule has 0 aromatic carbocycles. The molecule has 0 bridgehead atoms. The highest BCUT2D eigenvalue weighted by Gasteiger charge is 2.23. The highest BCUT2D eigenvalue weighted by molar-refractivity contribution is 5.77. The van der Waals surface area contributed by atoms with Gasteiger partial charge in [-0.05, 0) is 38.0 Å². The molecule has 1 heterocycles. The van der Waals surface area contributed by atoms with Gasteiger partial charge in [0.15, 0.2) is 5.96 Å². The van der Waals surface area contributed by atoms with Gasteiger partial charge in [-0.15, -0.1) is 0 Å². The Morgan fingerprint density at radius 2 is 1.88 bits per heavy atom. The molecule has 2 N–H and O–H groups in total. The predicted molar refractivity (Wildman–Crippen MR) is 74.4 cm³/mol. The van der Waals surface area contributed by atoms with Gasteiger partial charge in [0, 0.05) is 19.1 Å². The first-order valence-corrected chi connectivity index (χ1v) is 7.14. The van der Waals surface area contributed by atoms with Gasteiger partial charge in [-0.1, -0.05) is 27.2 Å². The van der Waals surface area contributed by atoms with E-state index in [1.807, 2.05) is 0 Å². The van der Waals surface area contributed by atoms with Crippen LogP contribution < -0.4 is 5.32 Å². The third kappa shape index (κ3) is 4.57. The van der Waals surface area contributed by atoms with Gasteiger partial charge in [-0.25, -0.2) is 0 Å². The van der Waals surface area contributed by atoms with E-state index in [1.54, 1.807) is 0 Å². The molecule has 0 aliphatic carbocycles. The second-order valence-electron chi connectivity index (χ2n) is 5.75. The molecule has 1 rings (SSSR count). The third-order valence-electron chi connectivity index (χ3n) is 3.90.